The molecule has 4 rings (SSSR count). The summed E-state index contributed by atoms with van der Waals surface area (Å²) in [6.45, 7) is 1.63. The zero-order valence-corrected chi connectivity index (χ0v) is 24.2. The van der Waals surface area contributed by atoms with E-state index >= 15 is 0 Å². The number of carbonyl (C=O) groups is 5. The third kappa shape index (κ3) is 9.88. The Morgan fingerprint density at radius 1 is 0.977 bits per heavy atom. The predicted molar refractivity (Wildman–Crippen MR) is 154 cm³/mol. The maximum atomic E-state index is 12.6. The monoisotopic (exact) mass is 637 g/mol. The van der Waals surface area contributed by atoms with E-state index in [0.717, 1.165) is 46.6 Å². The van der Waals surface area contributed by atoms with Gasteiger partial charge in [0.05, 0.1) is 5.56 Å². The number of fused-ring (bicyclic) bond motifs is 1. The van der Waals surface area contributed by atoms with Crippen molar-refractivity contribution in [2.75, 3.05) is 11.4 Å². The first-order valence-electron chi connectivity index (χ1n) is 12.9. The molecule has 0 radical (unpaired) electrons. The van der Waals surface area contributed by atoms with Crippen molar-refractivity contribution in [3.63, 3.8) is 0 Å². The number of carbonyl (C=O) groups excluding carboxylic acids is 3. The molecule has 0 fully saturated rings. The number of aliphatic carboxylic acids is 2. The van der Waals surface area contributed by atoms with Gasteiger partial charge in [0.15, 0.2) is 0 Å². The molecular formula is C28H30F3N5O7S. The maximum absolute atomic E-state index is 12.6. The third-order valence-electron chi connectivity index (χ3n) is 5.98. The Hall–Kier alpha value is -4.83. The number of benzene rings is 1. The minimum atomic E-state index is -5.08. The smallest absolute Gasteiger partial charge is 0.480 e. The molecular weight excluding hydrogens is 607 g/mol. The number of nitrogens with zero attached hydrogens (tertiary/aromatic N) is 2. The van der Waals surface area contributed by atoms with Gasteiger partial charge in [-0.15, -0.1) is 11.3 Å². The third-order valence-corrected chi connectivity index (χ3v) is 7.29. The summed E-state index contributed by atoms with van der Waals surface area (Å²) in [4.78, 5) is 61.9. The van der Waals surface area contributed by atoms with Crippen LogP contribution in [-0.4, -0.2) is 57.6 Å². The Labute approximate surface area is 253 Å². The number of thiophene rings is 1. The number of nitrogens with two attached hydrogens (primary N) is 3. The summed E-state index contributed by atoms with van der Waals surface area (Å²) >= 11 is 1.32. The van der Waals surface area contributed by atoms with Crippen LogP contribution in [0, 0.1) is 6.92 Å². The van der Waals surface area contributed by atoms with Gasteiger partial charge in [0.1, 0.15) is 17.2 Å². The lowest BCUT2D eigenvalue weighted by Gasteiger charge is -2.20. The number of primary amides is 2. The van der Waals surface area contributed by atoms with E-state index in [9.17, 15) is 32.3 Å². The molecule has 8 N–H and O–H groups in total. The van der Waals surface area contributed by atoms with Gasteiger partial charge in [0.2, 0.25) is 0 Å². The Morgan fingerprint density at radius 2 is 1.59 bits per heavy atom. The normalized spacial score (nSPS) is 11.9. The van der Waals surface area contributed by atoms with Gasteiger partial charge in [0.25, 0.3) is 17.7 Å². The van der Waals surface area contributed by atoms with Crippen LogP contribution in [0.5, 0.6) is 0 Å². The van der Waals surface area contributed by atoms with Crippen molar-refractivity contribution in [3.8, 4) is 0 Å². The molecule has 1 aliphatic rings. The molecule has 0 bridgehead atoms. The number of aryl methyl sites for hydroxylation is 2. The topological polar surface area (TPSA) is 220 Å². The average molecular weight is 638 g/mol. The molecule has 44 heavy (non-hydrogen) atoms. The fraction of sp³-hybridized carbons (Fsp3) is 0.286. The van der Waals surface area contributed by atoms with Crippen LogP contribution in [-0.2, 0) is 29.0 Å². The number of hydrogen-bond acceptors (Lipinski definition) is 8. The Kier molecular flexibility index (Phi) is 12.5. The summed E-state index contributed by atoms with van der Waals surface area (Å²) in [5.74, 6) is -5.06. The second-order valence-electron chi connectivity index (χ2n) is 9.27. The summed E-state index contributed by atoms with van der Waals surface area (Å²) in [7, 11) is 0. The highest BCUT2D eigenvalue weighted by molar-refractivity contribution is 7.14. The zero-order valence-electron chi connectivity index (χ0n) is 23.4. The van der Waals surface area contributed by atoms with Crippen LogP contribution in [0.1, 0.15) is 64.9 Å². The van der Waals surface area contributed by atoms with E-state index in [4.69, 9.17) is 32.2 Å². The van der Waals surface area contributed by atoms with Gasteiger partial charge < -0.3 is 27.4 Å². The fourth-order valence-corrected chi connectivity index (χ4v) is 5.30. The highest BCUT2D eigenvalue weighted by Crippen LogP contribution is 2.34. The van der Waals surface area contributed by atoms with Crippen LogP contribution in [0.2, 0.25) is 0 Å². The highest BCUT2D eigenvalue weighted by Gasteiger charge is 2.38. The number of anilines is 1. The molecule has 0 spiro atoms. The highest BCUT2D eigenvalue weighted by atomic mass is 32.1. The predicted octanol–water partition coefficient (Wildman–Crippen LogP) is 3.04. The van der Waals surface area contributed by atoms with Crippen LogP contribution in [0.25, 0.3) is 0 Å². The second-order valence-corrected chi connectivity index (χ2v) is 10.4. The minimum Gasteiger partial charge on any atom is -0.480 e. The van der Waals surface area contributed by atoms with Crippen molar-refractivity contribution < 1.29 is 47.4 Å². The number of alkyl halides is 3. The van der Waals surface area contributed by atoms with Gasteiger partial charge in [-0.1, -0.05) is 18.2 Å². The van der Waals surface area contributed by atoms with Crippen LogP contribution >= 0.6 is 11.3 Å². The van der Waals surface area contributed by atoms with E-state index in [1.54, 1.807) is 43.3 Å². The Balaban J connectivity index is 0.000000264. The molecule has 0 unspecified atom stereocenters. The number of carboxylic acids is 2. The molecule has 2 aromatic heterocycles. The van der Waals surface area contributed by atoms with Crippen molar-refractivity contribution in [2.45, 2.75) is 45.3 Å². The van der Waals surface area contributed by atoms with Crippen molar-refractivity contribution in [1.29, 1.82) is 0 Å². The molecule has 0 saturated carbocycles. The first-order valence-corrected chi connectivity index (χ1v) is 13.7. The first kappa shape index (κ1) is 35.4. The Bertz CT molecular complexity index is 1540. The molecule has 0 atom stereocenters. The summed E-state index contributed by atoms with van der Waals surface area (Å²) < 4.78 is 31.7. The van der Waals surface area contributed by atoms with Gasteiger partial charge in [-0.2, -0.15) is 13.2 Å². The van der Waals surface area contributed by atoms with Gasteiger partial charge in [-0.3, -0.25) is 24.1 Å². The number of carboxylic acid groups (broad SMARTS) is 2. The van der Waals surface area contributed by atoms with Gasteiger partial charge in [-0.05, 0) is 68.0 Å². The average Bonchev–Trinajstić information content (AvgIpc) is 3.36. The number of hydrogen-bond donors (Lipinski definition) is 5. The summed E-state index contributed by atoms with van der Waals surface area (Å²) in [6.07, 6.45) is -1.18. The lowest BCUT2D eigenvalue weighted by atomic mass is 9.94. The molecule has 0 saturated heterocycles. The molecule has 1 aliphatic carbocycles. The van der Waals surface area contributed by atoms with E-state index in [1.807, 2.05) is 6.07 Å². The molecule has 3 amide bonds. The first-order chi connectivity index (χ1) is 20.6. The number of rotatable bonds is 7. The van der Waals surface area contributed by atoms with Crippen LogP contribution in [0.3, 0.4) is 0 Å². The summed E-state index contributed by atoms with van der Waals surface area (Å²) in [5, 5.41) is 16.2. The molecule has 1 aromatic carbocycles. The molecule has 2 heterocycles. The second kappa shape index (κ2) is 15.6. The minimum absolute atomic E-state index is 0.308. The number of pyridine rings is 1. The van der Waals surface area contributed by atoms with Crippen molar-refractivity contribution in [1.82, 2.24) is 4.98 Å². The van der Waals surface area contributed by atoms with Gasteiger partial charge in [0, 0.05) is 22.7 Å². The lowest BCUT2D eigenvalue weighted by molar-refractivity contribution is -0.192. The quantitative estimate of drug-likeness (QED) is 0.257. The van der Waals surface area contributed by atoms with E-state index in [-0.39, 0.29) is 0 Å². The van der Waals surface area contributed by atoms with Crippen molar-refractivity contribution in [3.05, 3.63) is 80.2 Å². The number of aromatic nitrogens is 1. The van der Waals surface area contributed by atoms with Crippen molar-refractivity contribution in [2.24, 2.45) is 17.2 Å². The van der Waals surface area contributed by atoms with Gasteiger partial charge >= 0.3 is 18.1 Å². The zero-order chi connectivity index (χ0) is 33.2. The standard InChI is InChI=1S/C16H17N3O3.C10H12N2O2S.C2HF3O2/c1-11-4-2-7-14(18-11)19(10-15(20)21)16(22)13-6-3-5-12(8-13)9-17;11-9(13)7-5-3-1-2-4-6(5)15-8(7)10(12)14;3-2(4,5)1(6)7/h2-8H,9-10,17H2,1H3,(H,20,21);1-4H2,(H2,11,13)(H2,12,14);(H,6,7). The lowest BCUT2D eigenvalue weighted by Crippen LogP contribution is -2.36. The molecule has 16 heteroatoms. The van der Waals surface area contributed by atoms with Crippen LogP contribution in [0.15, 0.2) is 42.5 Å². The van der Waals surface area contributed by atoms with E-state index in [0.29, 0.717) is 34.1 Å². The SMILES string of the molecule is Cc1cccc(N(CC(=O)O)C(=O)c2cccc(CN)c2)n1.NC(=O)c1sc2c(c1C(N)=O)CCCC2.O=C(O)C(F)(F)F. The van der Waals surface area contributed by atoms with Crippen LogP contribution < -0.4 is 22.1 Å². The fourth-order valence-electron chi connectivity index (χ4n) is 4.06. The largest absolute Gasteiger partial charge is 0.490 e. The van der Waals surface area contributed by atoms with E-state index in [2.05, 4.69) is 4.98 Å². The van der Waals surface area contributed by atoms with E-state index < -0.39 is 42.4 Å². The summed E-state index contributed by atoms with van der Waals surface area (Å²) in [6, 6.07) is 11.9. The molecule has 0 aliphatic heterocycles. The van der Waals surface area contributed by atoms with Crippen molar-refractivity contribution >= 4 is 46.8 Å². The molecule has 3 aromatic rings. The molecule has 12 nitrogen and oxygen atoms in total. The Morgan fingerprint density at radius 3 is 2.11 bits per heavy atom. The number of amides is 3. The number of halogens is 3. The maximum Gasteiger partial charge on any atom is 0.490 e. The van der Waals surface area contributed by atoms with E-state index in [1.165, 1.54) is 11.3 Å². The van der Waals surface area contributed by atoms with Gasteiger partial charge in [-0.25, -0.2) is 9.78 Å². The van der Waals surface area contributed by atoms with Crippen LogP contribution in [0.4, 0.5) is 19.0 Å². The molecule has 236 valence electrons. The summed E-state index contributed by atoms with van der Waals surface area (Å²) in [5.41, 5.74) is 19.3.